The molecule has 0 saturated carbocycles. The van der Waals surface area contributed by atoms with Crippen LogP contribution in [0.15, 0.2) is 0 Å². The predicted molar refractivity (Wildman–Crippen MR) is 337 cm³/mol. The van der Waals surface area contributed by atoms with Crippen molar-refractivity contribution in [1.29, 1.82) is 0 Å². The topological polar surface area (TPSA) is 470 Å². The molecule has 3 aliphatic rings. The second kappa shape index (κ2) is 45.5. The number of carbonyl (C=O) groups excluding carboxylic acids is 15. The highest BCUT2D eigenvalue weighted by atomic mass is 16.7. The van der Waals surface area contributed by atoms with Gasteiger partial charge in [-0.25, -0.2) is 0 Å². The van der Waals surface area contributed by atoms with Gasteiger partial charge in [0, 0.05) is 161 Å². The van der Waals surface area contributed by atoms with Crippen LogP contribution in [0.3, 0.4) is 0 Å². The number of hydrogen-bond donors (Lipinski definition) is 6. The molecular weight excluding hydrogens is 1330 g/mol. The number of carbonyl (C=O) groups is 15. The lowest BCUT2D eigenvalue weighted by atomic mass is 9.96. The van der Waals surface area contributed by atoms with Gasteiger partial charge in [0.1, 0.15) is 56.3 Å². The van der Waals surface area contributed by atoms with E-state index in [0.29, 0.717) is 12.8 Å². The van der Waals surface area contributed by atoms with Crippen molar-refractivity contribution in [2.45, 2.75) is 233 Å². The summed E-state index contributed by atoms with van der Waals surface area (Å²) in [6.45, 7) is 13.3. The van der Waals surface area contributed by atoms with Crippen LogP contribution in [0.25, 0.3) is 0 Å². The average Bonchev–Trinajstić information content (AvgIpc) is 0.803. The minimum atomic E-state index is -1.35. The summed E-state index contributed by atoms with van der Waals surface area (Å²) in [5.74, 6) is -9.34. The van der Waals surface area contributed by atoms with Crippen molar-refractivity contribution in [2.75, 3.05) is 78.9 Å². The molecule has 3 heterocycles. The van der Waals surface area contributed by atoms with Gasteiger partial charge in [0.05, 0.1) is 0 Å². The molecule has 37 nitrogen and oxygen atoms in total. The summed E-state index contributed by atoms with van der Waals surface area (Å²) < 4.78 is 84.4. The lowest BCUT2D eigenvalue weighted by molar-refractivity contribution is -0.277. The Morgan fingerprint density at radius 2 is 0.620 bits per heavy atom. The van der Waals surface area contributed by atoms with E-state index in [2.05, 4.69) is 31.9 Å². The monoisotopic (exact) mass is 1430 g/mol. The maximum atomic E-state index is 13.9. The molecular formula is C63H99N7O30. The zero-order chi connectivity index (χ0) is 74.6. The van der Waals surface area contributed by atoms with Gasteiger partial charge in [-0.2, -0.15) is 0 Å². The van der Waals surface area contributed by atoms with E-state index in [1.165, 1.54) is 25.7 Å². The number of amides is 6. The van der Waals surface area contributed by atoms with Gasteiger partial charge in [-0.05, 0) is 38.5 Å². The van der Waals surface area contributed by atoms with E-state index >= 15 is 0 Å². The predicted octanol–water partition coefficient (Wildman–Crippen LogP) is -1.83. The molecule has 37 heteroatoms. The van der Waals surface area contributed by atoms with Crippen molar-refractivity contribution < 1.29 is 143 Å². The second-order valence-electron chi connectivity index (χ2n) is 23.5. The molecule has 3 aliphatic heterocycles. The number of nitrogens with one attached hydrogen (secondary N) is 6. The standard InChI is InChI=1S/C63H99N7O30/c1-34(71)67-52-58(95-43(10)80)55(92-40(7)77)46(31-89-37(4)74)98-61(52)86-28-16-13-19-49(83)65-23-22-64-24-26-70(51(85)21-15-18-30-88-63-54(69-36(3)73)60(97-45(12)82)57(94-42(9)79)48(100-63)33-91-39(6)76)27-25-66-50(84)20-14-17-29-87-62-53(68-35(2)72)59(96-44(11)81)56(93-41(8)78)47(99-62)32-90-38(5)75/h46-48,52-64H,13-33H2,1-12H3,(H,65,83)(H,66,84)(H,67,71)(H,68,72)(H,69,73)/t46?,47?,48?,52?,53-,54?,55-,56-,57-,58?,59?,60?,61+,62+,63+/m0/s1. The van der Waals surface area contributed by atoms with Gasteiger partial charge in [0.25, 0.3) is 0 Å². The zero-order valence-corrected chi connectivity index (χ0v) is 58.7. The molecule has 0 aromatic heterocycles. The first-order valence-corrected chi connectivity index (χ1v) is 32.8. The van der Waals surface area contributed by atoms with E-state index < -0.39 is 183 Å². The van der Waals surface area contributed by atoms with Crippen LogP contribution < -0.4 is 31.9 Å². The summed E-state index contributed by atoms with van der Waals surface area (Å²) >= 11 is 0. The molecule has 3 rings (SSSR count). The Morgan fingerprint density at radius 1 is 0.330 bits per heavy atom. The Labute approximate surface area is 579 Å². The summed E-state index contributed by atoms with van der Waals surface area (Å²) in [5.41, 5.74) is 0. The van der Waals surface area contributed by atoms with Gasteiger partial charge in [-0.15, -0.1) is 0 Å². The second-order valence-corrected chi connectivity index (χ2v) is 23.5. The third kappa shape index (κ3) is 33.3. The van der Waals surface area contributed by atoms with Crippen molar-refractivity contribution >= 4 is 89.2 Å². The summed E-state index contributed by atoms with van der Waals surface area (Å²) in [7, 11) is 0. The molecule has 6 amide bonds. The largest absolute Gasteiger partial charge is 0.463 e. The summed E-state index contributed by atoms with van der Waals surface area (Å²) in [6.07, 6.45) is -13.6. The molecule has 0 bridgehead atoms. The van der Waals surface area contributed by atoms with Crippen molar-refractivity contribution in [3.05, 3.63) is 0 Å². The molecule has 100 heavy (non-hydrogen) atoms. The van der Waals surface area contributed by atoms with Gasteiger partial charge in [-0.3, -0.25) is 71.9 Å². The Morgan fingerprint density at radius 3 is 0.920 bits per heavy atom. The molecule has 3 fully saturated rings. The smallest absolute Gasteiger partial charge is 0.303 e. The van der Waals surface area contributed by atoms with E-state index in [4.69, 9.17) is 71.1 Å². The zero-order valence-electron chi connectivity index (χ0n) is 58.7. The number of esters is 9. The van der Waals surface area contributed by atoms with Crippen molar-refractivity contribution in [1.82, 2.24) is 36.8 Å². The highest BCUT2D eigenvalue weighted by Gasteiger charge is 2.54. The molecule has 3 saturated heterocycles. The van der Waals surface area contributed by atoms with Crippen molar-refractivity contribution in [3.8, 4) is 0 Å². The van der Waals surface area contributed by atoms with Crippen LogP contribution in [-0.4, -0.2) is 265 Å². The molecule has 6 N–H and O–H groups in total. The van der Waals surface area contributed by atoms with Gasteiger partial charge in [0.2, 0.25) is 35.4 Å². The Balaban J connectivity index is 1.65. The molecule has 8 unspecified atom stereocenters. The fourth-order valence-electron chi connectivity index (χ4n) is 10.7. The molecule has 566 valence electrons. The Hall–Kier alpha value is -8.23. The number of ether oxygens (including phenoxy) is 15. The van der Waals surface area contributed by atoms with Crippen LogP contribution in [0.5, 0.6) is 0 Å². The van der Waals surface area contributed by atoms with Gasteiger partial charge in [0.15, 0.2) is 55.5 Å². The van der Waals surface area contributed by atoms with E-state index in [-0.39, 0.29) is 122 Å². The first kappa shape index (κ1) is 86.0. The van der Waals surface area contributed by atoms with Crippen molar-refractivity contribution in [3.63, 3.8) is 0 Å². The summed E-state index contributed by atoms with van der Waals surface area (Å²) in [4.78, 5) is 187. The third-order valence-corrected chi connectivity index (χ3v) is 14.7. The van der Waals surface area contributed by atoms with Crippen LogP contribution in [0.4, 0.5) is 0 Å². The maximum absolute atomic E-state index is 13.9. The highest BCUT2D eigenvalue weighted by molar-refractivity contribution is 5.78. The molecule has 0 radical (unpaired) electrons. The van der Waals surface area contributed by atoms with E-state index in [0.717, 1.165) is 62.3 Å². The SMILES string of the molecule is CC(=O)NC1C(OC(C)=O)[C@@H](OC(C)=O)C(COC(C)=O)O[C@H]1OCCCCC(=O)NCCNCCN(CCNC(=O)CCCCO[C@@H]1OC(COC(C)=O)[C@H](OC(C)=O)C(OC(C)=O)[C@@H]1NC(C)=O)C(=O)CCCCO[C@@H]1OC(COC(C)=O)[C@H](OC(C)=O)C(OC(C)=O)C1NC(C)=O. The first-order valence-electron chi connectivity index (χ1n) is 32.8. The fourth-order valence-corrected chi connectivity index (χ4v) is 10.7. The van der Waals surface area contributed by atoms with Crippen LogP contribution in [0.2, 0.25) is 0 Å². The lowest BCUT2D eigenvalue weighted by Crippen LogP contribution is -2.66. The highest BCUT2D eigenvalue weighted by Crippen LogP contribution is 2.32. The number of nitrogens with zero attached hydrogens (tertiary/aromatic N) is 1. The normalized spacial score (nSPS) is 24.6. The number of hydrogen-bond acceptors (Lipinski definition) is 31. The molecule has 0 spiro atoms. The minimum Gasteiger partial charge on any atom is -0.463 e. The summed E-state index contributed by atoms with van der Waals surface area (Å²) in [6, 6.07) is -3.56. The Bertz CT molecular complexity index is 2760. The minimum absolute atomic E-state index is 0.00549. The Kier molecular flexibility index (Phi) is 39.1. The van der Waals surface area contributed by atoms with Crippen molar-refractivity contribution in [2.24, 2.45) is 0 Å². The average molecular weight is 1430 g/mol. The maximum Gasteiger partial charge on any atom is 0.303 e. The van der Waals surface area contributed by atoms with Crippen LogP contribution >= 0.6 is 0 Å². The summed E-state index contributed by atoms with van der Waals surface area (Å²) in [5, 5.41) is 16.7. The molecule has 0 aliphatic carbocycles. The van der Waals surface area contributed by atoms with E-state index in [1.54, 1.807) is 0 Å². The fraction of sp³-hybridized carbons (Fsp3) is 0.762. The molecule has 0 aromatic carbocycles. The molecule has 0 aromatic rings. The molecule has 15 atom stereocenters. The van der Waals surface area contributed by atoms with Crippen LogP contribution in [0, 0.1) is 0 Å². The first-order chi connectivity index (χ1) is 47.3. The number of unbranched alkanes of at least 4 members (excludes halogenated alkanes) is 3. The number of rotatable bonds is 42. The van der Waals surface area contributed by atoms with Gasteiger partial charge in [-0.1, -0.05) is 0 Å². The van der Waals surface area contributed by atoms with Gasteiger partial charge >= 0.3 is 53.7 Å². The lowest BCUT2D eigenvalue weighted by Gasteiger charge is -2.44. The quantitative estimate of drug-likeness (QED) is 0.0222. The van der Waals surface area contributed by atoms with Crippen LogP contribution in [-0.2, 0) is 143 Å². The van der Waals surface area contributed by atoms with E-state index in [9.17, 15) is 71.9 Å². The van der Waals surface area contributed by atoms with E-state index in [1.807, 2.05) is 0 Å². The third-order valence-electron chi connectivity index (χ3n) is 14.7. The van der Waals surface area contributed by atoms with Crippen LogP contribution in [0.1, 0.15) is 141 Å². The van der Waals surface area contributed by atoms with Gasteiger partial charge < -0.3 is 108 Å².